The SMILES string of the molecule is Oc1ccc(-n2ccnc2-c2ccccc2C(F)(F)F)cc1. The molecule has 0 bridgehead atoms. The lowest BCUT2D eigenvalue weighted by atomic mass is 10.1. The number of imidazole rings is 1. The predicted molar refractivity (Wildman–Crippen MR) is 75.7 cm³/mol. The van der Waals surface area contributed by atoms with Gasteiger partial charge in [-0.15, -0.1) is 0 Å². The minimum atomic E-state index is -4.46. The first-order valence-electron chi connectivity index (χ1n) is 6.46. The van der Waals surface area contributed by atoms with Gasteiger partial charge in [0.1, 0.15) is 11.6 Å². The Kier molecular flexibility index (Phi) is 3.36. The number of hydrogen-bond acceptors (Lipinski definition) is 2. The number of aromatic nitrogens is 2. The van der Waals surface area contributed by atoms with Gasteiger partial charge >= 0.3 is 6.18 Å². The van der Waals surface area contributed by atoms with E-state index in [9.17, 15) is 18.3 Å². The molecule has 0 fully saturated rings. The molecule has 0 unspecified atom stereocenters. The third-order valence-corrected chi connectivity index (χ3v) is 3.24. The molecule has 0 spiro atoms. The van der Waals surface area contributed by atoms with E-state index in [1.54, 1.807) is 29.0 Å². The van der Waals surface area contributed by atoms with Crippen LogP contribution in [0.2, 0.25) is 0 Å². The molecule has 0 radical (unpaired) electrons. The maximum atomic E-state index is 13.2. The average Bonchev–Trinajstić information content (AvgIpc) is 2.96. The predicted octanol–water partition coefficient (Wildman–Crippen LogP) is 4.26. The normalized spacial score (nSPS) is 11.6. The molecule has 3 rings (SSSR count). The second-order valence-corrected chi connectivity index (χ2v) is 4.68. The minimum Gasteiger partial charge on any atom is -0.508 e. The van der Waals surface area contributed by atoms with Gasteiger partial charge < -0.3 is 5.11 Å². The zero-order valence-electron chi connectivity index (χ0n) is 11.2. The zero-order chi connectivity index (χ0) is 15.7. The summed E-state index contributed by atoms with van der Waals surface area (Å²) in [5, 5.41) is 9.32. The van der Waals surface area contributed by atoms with Gasteiger partial charge in [0.2, 0.25) is 0 Å². The van der Waals surface area contributed by atoms with Crippen LogP contribution in [-0.2, 0) is 6.18 Å². The van der Waals surface area contributed by atoms with Crippen molar-refractivity contribution >= 4 is 0 Å². The molecule has 1 heterocycles. The minimum absolute atomic E-state index is 0.00748. The van der Waals surface area contributed by atoms with Crippen molar-refractivity contribution < 1.29 is 18.3 Å². The van der Waals surface area contributed by atoms with Crippen LogP contribution in [0.1, 0.15) is 5.56 Å². The van der Waals surface area contributed by atoms with Crippen LogP contribution < -0.4 is 0 Å². The van der Waals surface area contributed by atoms with Crippen molar-refractivity contribution in [2.45, 2.75) is 6.18 Å². The molecule has 0 amide bonds. The van der Waals surface area contributed by atoms with Gasteiger partial charge in [0.25, 0.3) is 0 Å². The van der Waals surface area contributed by atoms with Crippen LogP contribution in [0.25, 0.3) is 17.1 Å². The van der Waals surface area contributed by atoms with E-state index in [-0.39, 0.29) is 17.1 Å². The highest BCUT2D eigenvalue weighted by Gasteiger charge is 2.34. The lowest BCUT2D eigenvalue weighted by Crippen LogP contribution is -2.08. The Morgan fingerprint density at radius 2 is 1.64 bits per heavy atom. The molecule has 0 aliphatic heterocycles. The van der Waals surface area contributed by atoms with E-state index in [1.807, 2.05) is 0 Å². The van der Waals surface area contributed by atoms with Crippen LogP contribution in [0.3, 0.4) is 0 Å². The number of nitrogens with zero attached hydrogens (tertiary/aromatic N) is 2. The lowest BCUT2D eigenvalue weighted by molar-refractivity contribution is -0.137. The van der Waals surface area contributed by atoms with Gasteiger partial charge in [0.05, 0.1) is 5.56 Å². The third-order valence-electron chi connectivity index (χ3n) is 3.24. The summed E-state index contributed by atoms with van der Waals surface area (Å²) >= 11 is 0. The van der Waals surface area contributed by atoms with Crippen molar-refractivity contribution in [1.29, 1.82) is 0 Å². The van der Waals surface area contributed by atoms with Gasteiger partial charge in [-0.25, -0.2) is 4.98 Å². The molecule has 6 heteroatoms. The van der Waals surface area contributed by atoms with Crippen LogP contribution in [0.5, 0.6) is 5.75 Å². The van der Waals surface area contributed by atoms with Crippen molar-refractivity contribution in [2.24, 2.45) is 0 Å². The number of hydrogen-bond donors (Lipinski definition) is 1. The molecule has 0 atom stereocenters. The first-order valence-corrected chi connectivity index (χ1v) is 6.46. The first kappa shape index (κ1) is 14.2. The molecule has 0 saturated carbocycles. The van der Waals surface area contributed by atoms with E-state index in [4.69, 9.17) is 0 Å². The highest BCUT2D eigenvalue weighted by molar-refractivity contribution is 5.64. The Balaban J connectivity index is 2.16. The maximum absolute atomic E-state index is 13.2. The van der Waals surface area contributed by atoms with Crippen LogP contribution in [-0.4, -0.2) is 14.7 Å². The number of rotatable bonds is 2. The third kappa shape index (κ3) is 2.55. The number of aromatic hydroxyl groups is 1. The molecule has 22 heavy (non-hydrogen) atoms. The standard InChI is InChI=1S/C16H11F3N2O/c17-16(18,19)14-4-2-1-3-13(14)15-20-9-10-21(15)11-5-7-12(22)8-6-11/h1-10,22H. The molecule has 0 aliphatic rings. The summed E-state index contributed by atoms with van der Waals surface area (Å²) in [5.74, 6) is 0.278. The van der Waals surface area contributed by atoms with Crippen LogP contribution >= 0.6 is 0 Å². The molecule has 1 aromatic heterocycles. The van der Waals surface area contributed by atoms with Crippen molar-refractivity contribution in [3.05, 3.63) is 66.5 Å². The summed E-state index contributed by atoms with van der Waals surface area (Å²) < 4.78 is 41.0. The average molecular weight is 304 g/mol. The van der Waals surface area contributed by atoms with E-state index in [0.717, 1.165) is 6.07 Å². The second-order valence-electron chi connectivity index (χ2n) is 4.68. The summed E-state index contributed by atoms with van der Waals surface area (Å²) in [6.07, 6.45) is -1.44. The van der Waals surface area contributed by atoms with Gasteiger partial charge in [0, 0.05) is 23.6 Å². The Morgan fingerprint density at radius 1 is 0.955 bits per heavy atom. The Labute approximate surface area is 124 Å². The zero-order valence-corrected chi connectivity index (χ0v) is 11.2. The molecule has 112 valence electrons. The van der Waals surface area contributed by atoms with Crippen LogP contribution in [0.15, 0.2) is 60.9 Å². The Hall–Kier alpha value is -2.76. The summed E-state index contributed by atoms with van der Waals surface area (Å²) in [5.41, 5.74) is -0.114. The highest BCUT2D eigenvalue weighted by atomic mass is 19.4. The van der Waals surface area contributed by atoms with E-state index in [0.29, 0.717) is 5.69 Å². The van der Waals surface area contributed by atoms with Crippen LogP contribution in [0.4, 0.5) is 13.2 Å². The maximum Gasteiger partial charge on any atom is 0.417 e. The van der Waals surface area contributed by atoms with Gasteiger partial charge in [-0.3, -0.25) is 4.57 Å². The summed E-state index contributed by atoms with van der Waals surface area (Å²) in [6, 6.07) is 11.5. The largest absolute Gasteiger partial charge is 0.508 e. The van der Waals surface area contributed by atoms with E-state index >= 15 is 0 Å². The smallest absolute Gasteiger partial charge is 0.417 e. The molecule has 0 aliphatic carbocycles. The van der Waals surface area contributed by atoms with Gasteiger partial charge in [0.15, 0.2) is 0 Å². The van der Waals surface area contributed by atoms with Crippen molar-refractivity contribution in [1.82, 2.24) is 9.55 Å². The second kappa shape index (κ2) is 5.22. The molecule has 3 aromatic rings. The Bertz CT molecular complexity index is 792. The summed E-state index contributed by atoms with van der Waals surface area (Å²) in [6.45, 7) is 0. The molecule has 0 saturated heterocycles. The first-order chi connectivity index (χ1) is 10.5. The number of alkyl halides is 3. The van der Waals surface area contributed by atoms with E-state index in [2.05, 4.69) is 4.98 Å². The van der Waals surface area contributed by atoms with Gasteiger partial charge in [-0.1, -0.05) is 18.2 Å². The lowest BCUT2D eigenvalue weighted by Gasteiger charge is -2.14. The monoisotopic (exact) mass is 304 g/mol. The fourth-order valence-corrected chi connectivity index (χ4v) is 2.25. The molecule has 1 N–H and O–H groups in total. The Morgan fingerprint density at radius 3 is 2.32 bits per heavy atom. The number of halogens is 3. The van der Waals surface area contributed by atoms with Crippen molar-refractivity contribution in [3.63, 3.8) is 0 Å². The quantitative estimate of drug-likeness (QED) is 0.768. The van der Waals surface area contributed by atoms with E-state index in [1.165, 1.54) is 30.5 Å². The number of phenolic OH excluding ortho intramolecular Hbond substituents is 1. The number of phenols is 1. The van der Waals surface area contributed by atoms with Gasteiger partial charge in [-0.05, 0) is 30.3 Å². The van der Waals surface area contributed by atoms with E-state index < -0.39 is 11.7 Å². The van der Waals surface area contributed by atoms with Gasteiger partial charge in [-0.2, -0.15) is 13.2 Å². The summed E-state index contributed by atoms with van der Waals surface area (Å²) in [4.78, 5) is 4.06. The van der Waals surface area contributed by atoms with Crippen LogP contribution in [0, 0.1) is 0 Å². The summed E-state index contributed by atoms with van der Waals surface area (Å²) in [7, 11) is 0. The van der Waals surface area contributed by atoms with Crippen molar-refractivity contribution in [2.75, 3.05) is 0 Å². The van der Waals surface area contributed by atoms with Crippen molar-refractivity contribution in [3.8, 4) is 22.8 Å². The molecular weight excluding hydrogens is 293 g/mol. The number of benzene rings is 2. The molecule has 3 nitrogen and oxygen atoms in total. The topological polar surface area (TPSA) is 38.0 Å². The molecule has 2 aromatic carbocycles. The fourth-order valence-electron chi connectivity index (χ4n) is 2.25. The molecular formula is C16H11F3N2O. The fraction of sp³-hybridized carbons (Fsp3) is 0.0625. The highest BCUT2D eigenvalue weighted by Crippen LogP contribution is 2.36.